The summed E-state index contributed by atoms with van der Waals surface area (Å²) in [6.07, 6.45) is 9.85. The van der Waals surface area contributed by atoms with E-state index in [2.05, 4.69) is 60.8 Å². The van der Waals surface area contributed by atoms with Gasteiger partial charge in [-0.25, -0.2) is 0 Å². The van der Waals surface area contributed by atoms with Gasteiger partial charge in [-0.2, -0.15) is 0 Å². The zero-order chi connectivity index (χ0) is 16.6. The van der Waals surface area contributed by atoms with Crippen LogP contribution in [0.2, 0.25) is 0 Å². The summed E-state index contributed by atoms with van der Waals surface area (Å²) in [6, 6.07) is 20.8. The van der Waals surface area contributed by atoms with Crippen LogP contribution in [0.3, 0.4) is 0 Å². The fourth-order valence-corrected chi connectivity index (χ4v) is 2.52. The van der Waals surface area contributed by atoms with E-state index in [0.717, 1.165) is 0 Å². The third kappa shape index (κ3) is 9.91. The predicted molar refractivity (Wildman–Crippen MR) is 104 cm³/mol. The van der Waals surface area contributed by atoms with Gasteiger partial charge in [-0.15, -0.1) is 0 Å². The summed E-state index contributed by atoms with van der Waals surface area (Å²) in [5.74, 6) is 0. The standard InChI is InChI=1S/C12H10.C10H23N/c1-3-7-11(8-4-1)12-9-5-2-6-10-12;1-3-4-5-6-7-8-9-10-11-2/h1-10H;11H,3-10H2,1-2H3. The first kappa shape index (κ1) is 19.4. The number of hydrogen-bond donors (Lipinski definition) is 1. The van der Waals surface area contributed by atoms with Gasteiger partial charge in [0.1, 0.15) is 0 Å². The van der Waals surface area contributed by atoms with E-state index in [0.29, 0.717) is 0 Å². The van der Waals surface area contributed by atoms with Crippen molar-refractivity contribution in [2.75, 3.05) is 13.6 Å². The topological polar surface area (TPSA) is 12.0 Å². The molecule has 0 atom stereocenters. The Labute approximate surface area is 143 Å². The second-order valence-electron chi connectivity index (χ2n) is 5.96. The third-order valence-electron chi connectivity index (χ3n) is 3.91. The van der Waals surface area contributed by atoms with Crippen molar-refractivity contribution >= 4 is 0 Å². The SMILES string of the molecule is CCCCCCCCCNC.c1ccc(-c2ccccc2)cc1. The molecule has 0 heterocycles. The molecule has 0 aliphatic carbocycles. The fourth-order valence-electron chi connectivity index (χ4n) is 2.52. The largest absolute Gasteiger partial charge is 0.320 e. The van der Waals surface area contributed by atoms with Crippen LogP contribution in [0.1, 0.15) is 51.9 Å². The minimum Gasteiger partial charge on any atom is -0.320 e. The number of rotatable bonds is 9. The molecular weight excluding hydrogens is 278 g/mol. The molecule has 0 fully saturated rings. The second kappa shape index (κ2) is 14.0. The van der Waals surface area contributed by atoms with E-state index in [-0.39, 0.29) is 0 Å². The quantitative estimate of drug-likeness (QED) is 0.535. The lowest BCUT2D eigenvalue weighted by atomic mass is 10.1. The molecule has 2 aromatic rings. The maximum atomic E-state index is 3.17. The van der Waals surface area contributed by atoms with Crippen LogP contribution in [0.5, 0.6) is 0 Å². The van der Waals surface area contributed by atoms with Gasteiger partial charge >= 0.3 is 0 Å². The number of unbranched alkanes of at least 4 members (excludes halogenated alkanes) is 6. The van der Waals surface area contributed by atoms with Gasteiger partial charge in [-0.3, -0.25) is 0 Å². The van der Waals surface area contributed by atoms with Crippen molar-refractivity contribution in [1.82, 2.24) is 5.32 Å². The van der Waals surface area contributed by atoms with Gasteiger partial charge < -0.3 is 5.32 Å². The lowest BCUT2D eigenvalue weighted by molar-refractivity contribution is 0.578. The molecule has 0 amide bonds. The van der Waals surface area contributed by atoms with E-state index < -0.39 is 0 Å². The first-order chi connectivity index (χ1) is 11.4. The van der Waals surface area contributed by atoms with E-state index in [1.54, 1.807) is 0 Å². The number of hydrogen-bond acceptors (Lipinski definition) is 1. The monoisotopic (exact) mass is 311 g/mol. The van der Waals surface area contributed by atoms with E-state index in [9.17, 15) is 0 Å². The molecule has 0 unspecified atom stereocenters. The lowest BCUT2D eigenvalue weighted by Crippen LogP contribution is -2.06. The summed E-state index contributed by atoms with van der Waals surface area (Å²) in [6.45, 7) is 3.45. The smallest absolute Gasteiger partial charge is 0.00519 e. The van der Waals surface area contributed by atoms with Crippen LogP contribution in [-0.4, -0.2) is 13.6 Å². The van der Waals surface area contributed by atoms with Crippen molar-refractivity contribution in [3.63, 3.8) is 0 Å². The van der Waals surface area contributed by atoms with Crippen LogP contribution in [0.25, 0.3) is 11.1 Å². The molecule has 0 saturated carbocycles. The summed E-state index contributed by atoms with van der Waals surface area (Å²) in [4.78, 5) is 0. The Morgan fingerprint density at radius 3 is 1.48 bits per heavy atom. The molecule has 126 valence electrons. The molecule has 2 rings (SSSR count). The van der Waals surface area contributed by atoms with E-state index in [1.165, 1.54) is 62.6 Å². The van der Waals surface area contributed by atoms with Crippen molar-refractivity contribution in [3.05, 3.63) is 60.7 Å². The highest BCUT2D eigenvalue weighted by Gasteiger charge is 1.92. The second-order valence-corrected chi connectivity index (χ2v) is 5.96. The molecule has 1 nitrogen and oxygen atoms in total. The van der Waals surface area contributed by atoms with Gasteiger partial charge in [-0.05, 0) is 31.1 Å². The highest BCUT2D eigenvalue weighted by molar-refractivity contribution is 5.62. The molecule has 0 aromatic heterocycles. The molecule has 0 spiro atoms. The highest BCUT2D eigenvalue weighted by atomic mass is 14.8. The van der Waals surface area contributed by atoms with E-state index in [4.69, 9.17) is 0 Å². The van der Waals surface area contributed by atoms with Crippen molar-refractivity contribution in [3.8, 4) is 11.1 Å². The Kier molecular flexibility index (Phi) is 11.9. The minimum atomic E-state index is 1.19. The molecule has 23 heavy (non-hydrogen) atoms. The van der Waals surface area contributed by atoms with E-state index >= 15 is 0 Å². The van der Waals surface area contributed by atoms with Gasteiger partial charge in [0.15, 0.2) is 0 Å². The first-order valence-corrected chi connectivity index (χ1v) is 9.13. The van der Waals surface area contributed by atoms with Crippen molar-refractivity contribution in [2.24, 2.45) is 0 Å². The molecule has 0 radical (unpaired) electrons. The predicted octanol–water partition coefficient (Wildman–Crippen LogP) is 6.31. The minimum absolute atomic E-state index is 1.19. The normalized spacial score (nSPS) is 10.0. The molecule has 0 aliphatic heterocycles. The van der Waals surface area contributed by atoms with Gasteiger partial charge in [0, 0.05) is 0 Å². The molecule has 1 N–H and O–H groups in total. The summed E-state index contributed by atoms with van der Waals surface area (Å²) < 4.78 is 0. The van der Waals surface area contributed by atoms with Crippen LogP contribution in [0.15, 0.2) is 60.7 Å². The highest BCUT2D eigenvalue weighted by Crippen LogP contribution is 2.17. The Hall–Kier alpha value is -1.60. The summed E-state index contributed by atoms with van der Waals surface area (Å²) in [5, 5.41) is 3.17. The average molecular weight is 312 g/mol. The Morgan fingerprint density at radius 2 is 1.04 bits per heavy atom. The average Bonchev–Trinajstić information content (AvgIpc) is 2.63. The number of nitrogens with one attached hydrogen (secondary N) is 1. The van der Waals surface area contributed by atoms with Crippen molar-refractivity contribution < 1.29 is 0 Å². The molecule has 0 bridgehead atoms. The summed E-state index contributed by atoms with van der Waals surface area (Å²) in [5.41, 5.74) is 2.55. The third-order valence-corrected chi connectivity index (χ3v) is 3.91. The van der Waals surface area contributed by atoms with Crippen LogP contribution >= 0.6 is 0 Å². The maximum Gasteiger partial charge on any atom is -0.00519 e. The molecule has 2 aromatic carbocycles. The first-order valence-electron chi connectivity index (χ1n) is 9.13. The number of benzene rings is 2. The van der Waals surface area contributed by atoms with Crippen LogP contribution in [-0.2, 0) is 0 Å². The van der Waals surface area contributed by atoms with Gasteiger partial charge in [0.25, 0.3) is 0 Å². The maximum absolute atomic E-state index is 3.17. The molecule has 0 aliphatic rings. The van der Waals surface area contributed by atoms with Crippen LogP contribution in [0.4, 0.5) is 0 Å². The van der Waals surface area contributed by atoms with Crippen LogP contribution < -0.4 is 5.32 Å². The Bertz CT molecular complexity index is 418. The van der Waals surface area contributed by atoms with Gasteiger partial charge in [0.2, 0.25) is 0 Å². The van der Waals surface area contributed by atoms with Crippen molar-refractivity contribution in [1.29, 1.82) is 0 Å². The molecule has 0 saturated heterocycles. The summed E-state index contributed by atoms with van der Waals surface area (Å²) in [7, 11) is 2.02. The zero-order valence-corrected chi connectivity index (χ0v) is 14.9. The zero-order valence-electron chi connectivity index (χ0n) is 14.9. The molecular formula is C22H33N. The van der Waals surface area contributed by atoms with E-state index in [1.807, 2.05) is 19.2 Å². The van der Waals surface area contributed by atoms with Gasteiger partial charge in [-0.1, -0.05) is 106 Å². The van der Waals surface area contributed by atoms with Gasteiger partial charge in [0.05, 0.1) is 0 Å². The van der Waals surface area contributed by atoms with Crippen LogP contribution in [0, 0.1) is 0 Å². The lowest BCUT2D eigenvalue weighted by Gasteiger charge is -1.99. The Balaban J connectivity index is 0.000000232. The molecule has 1 heteroatoms. The fraction of sp³-hybridized carbons (Fsp3) is 0.455. The van der Waals surface area contributed by atoms with Crippen molar-refractivity contribution in [2.45, 2.75) is 51.9 Å². The summed E-state index contributed by atoms with van der Waals surface area (Å²) >= 11 is 0. The Morgan fingerprint density at radius 1 is 0.609 bits per heavy atom.